The van der Waals surface area contributed by atoms with Crippen LogP contribution in [0.25, 0.3) is 0 Å². The molecule has 0 bridgehead atoms. The van der Waals surface area contributed by atoms with Crippen LogP contribution in [-0.4, -0.2) is 38.0 Å². The lowest BCUT2D eigenvalue weighted by atomic mass is 10.2. The molecule has 1 aromatic heterocycles. The van der Waals surface area contributed by atoms with E-state index in [2.05, 4.69) is 15.5 Å². The predicted octanol–water partition coefficient (Wildman–Crippen LogP) is 5.08. The number of anilines is 1. The fourth-order valence-electron chi connectivity index (χ4n) is 2.91. The zero-order valence-corrected chi connectivity index (χ0v) is 20.2. The molecule has 0 atom stereocenters. The van der Waals surface area contributed by atoms with Crippen LogP contribution in [0.3, 0.4) is 0 Å². The topological polar surface area (TPSA) is 112 Å². The van der Waals surface area contributed by atoms with Gasteiger partial charge < -0.3 is 14.6 Å². The second-order valence-corrected chi connectivity index (χ2v) is 8.86. The summed E-state index contributed by atoms with van der Waals surface area (Å²) >= 11 is 13.2. The molecule has 0 saturated carbocycles. The molecule has 1 N–H and O–H groups in total. The van der Waals surface area contributed by atoms with Gasteiger partial charge in [-0.25, -0.2) is 0 Å². The second-order valence-electron chi connectivity index (χ2n) is 7.08. The van der Waals surface area contributed by atoms with Gasteiger partial charge in [-0.3, -0.25) is 14.9 Å². The number of nitrogens with zero attached hydrogens (tertiary/aromatic N) is 4. The molecule has 0 aliphatic carbocycles. The Morgan fingerprint density at radius 3 is 2.76 bits per heavy atom. The van der Waals surface area contributed by atoms with E-state index >= 15 is 0 Å². The number of carbonyl (C=O) groups excluding carboxylic acids is 1. The van der Waals surface area contributed by atoms with Crippen molar-refractivity contribution in [2.24, 2.45) is 7.05 Å². The molecule has 0 fully saturated rings. The Kier molecular flexibility index (Phi) is 8.54. The Labute approximate surface area is 204 Å². The third-order valence-corrected chi connectivity index (χ3v) is 6.22. The summed E-state index contributed by atoms with van der Waals surface area (Å²) in [5.74, 6) is 1.25. The third kappa shape index (κ3) is 6.83. The number of carbonyl (C=O) groups is 1. The van der Waals surface area contributed by atoms with Gasteiger partial charge in [0.25, 0.3) is 5.69 Å². The number of hydrogen-bond donors (Lipinski definition) is 1. The highest BCUT2D eigenvalue weighted by atomic mass is 35.5. The van der Waals surface area contributed by atoms with E-state index in [0.29, 0.717) is 23.2 Å². The molecule has 0 aliphatic heterocycles. The molecular weight excluding hydrogens is 489 g/mol. The van der Waals surface area contributed by atoms with E-state index in [1.165, 1.54) is 30.0 Å². The molecular formula is C21H21Cl2N5O4S. The Balaban J connectivity index is 1.48. The zero-order valence-electron chi connectivity index (χ0n) is 17.9. The maximum atomic E-state index is 12.3. The minimum Gasteiger partial charge on any atom is -0.493 e. The van der Waals surface area contributed by atoms with Crippen molar-refractivity contribution < 1.29 is 14.5 Å². The number of aromatic nitrogens is 3. The lowest BCUT2D eigenvalue weighted by Gasteiger charge is -2.09. The summed E-state index contributed by atoms with van der Waals surface area (Å²) in [5.41, 5.74) is 1.01. The number of aryl methyl sites for hydroxylation is 2. The van der Waals surface area contributed by atoms with Crippen LogP contribution in [0, 0.1) is 17.0 Å². The summed E-state index contributed by atoms with van der Waals surface area (Å²) < 4.78 is 7.63. The van der Waals surface area contributed by atoms with Gasteiger partial charge in [-0.2, -0.15) is 0 Å². The van der Waals surface area contributed by atoms with Crippen LogP contribution in [0.15, 0.2) is 41.6 Å². The molecule has 3 aromatic rings. The standard InChI is InChI=1S/C21H21Cl2N5O4S/c1-13-10-14(22)5-8-18(13)32-9-3-4-19-25-26-21(27(19)2)33-12-20(29)24-17-11-15(28(30)31)6-7-16(17)23/h5-8,10-11H,3-4,9,12H2,1-2H3,(H,24,29). The lowest BCUT2D eigenvalue weighted by molar-refractivity contribution is -0.384. The van der Waals surface area contributed by atoms with E-state index in [1.54, 1.807) is 6.07 Å². The van der Waals surface area contributed by atoms with E-state index in [1.807, 2.05) is 30.7 Å². The molecule has 0 saturated heterocycles. The fourth-order valence-corrected chi connectivity index (χ4v) is 4.04. The Hall–Kier alpha value is -2.82. The Morgan fingerprint density at radius 2 is 2.03 bits per heavy atom. The summed E-state index contributed by atoms with van der Waals surface area (Å²) in [6, 6.07) is 9.36. The third-order valence-electron chi connectivity index (χ3n) is 4.63. The van der Waals surface area contributed by atoms with E-state index in [4.69, 9.17) is 27.9 Å². The first-order chi connectivity index (χ1) is 15.7. The number of thioether (sulfide) groups is 1. The molecule has 3 rings (SSSR count). The molecule has 0 spiro atoms. The monoisotopic (exact) mass is 509 g/mol. The number of hydrogen-bond acceptors (Lipinski definition) is 7. The summed E-state index contributed by atoms with van der Waals surface area (Å²) in [5, 5.41) is 23.3. The Morgan fingerprint density at radius 1 is 1.24 bits per heavy atom. The molecule has 0 radical (unpaired) electrons. The number of nitrogens with one attached hydrogen (secondary N) is 1. The summed E-state index contributed by atoms with van der Waals surface area (Å²) in [7, 11) is 1.83. The largest absolute Gasteiger partial charge is 0.493 e. The number of non-ortho nitro benzene ring substituents is 1. The minimum atomic E-state index is -0.552. The number of halogens is 2. The number of nitro groups is 1. The van der Waals surface area contributed by atoms with Crippen LogP contribution in [0.1, 0.15) is 17.8 Å². The quantitative estimate of drug-likeness (QED) is 0.175. The fraction of sp³-hybridized carbons (Fsp3) is 0.286. The smallest absolute Gasteiger partial charge is 0.271 e. The molecule has 1 amide bonds. The van der Waals surface area contributed by atoms with Gasteiger partial charge >= 0.3 is 0 Å². The average molecular weight is 510 g/mol. The maximum Gasteiger partial charge on any atom is 0.271 e. The summed E-state index contributed by atoms with van der Waals surface area (Å²) in [4.78, 5) is 22.6. The van der Waals surface area contributed by atoms with Gasteiger partial charge in [0.2, 0.25) is 5.91 Å². The minimum absolute atomic E-state index is 0.0456. The summed E-state index contributed by atoms with van der Waals surface area (Å²) in [6.45, 7) is 2.46. The predicted molar refractivity (Wildman–Crippen MR) is 128 cm³/mol. The van der Waals surface area contributed by atoms with Crippen molar-refractivity contribution in [3.63, 3.8) is 0 Å². The van der Waals surface area contributed by atoms with Gasteiger partial charge in [0, 0.05) is 30.6 Å². The van der Waals surface area contributed by atoms with E-state index in [9.17, 15) is 14.9 Å². The Bertz CT molecular complexity index is 1170. The number of amides is 1. The van der Waals surface area contributed by atoms with Crippen LogP contribution in [-0.2, 0) is 18.3 Å². The van der Waals surface area contributed by atoms with Crippen molar-refractivity contribution in [2.45, 2.75) is 24.9 Å². The first-order valence-corrected chi connectivity index (χ1v) is 11.6. The van der Waals surface area contributed by atoms with Crippen LogP contribution in [0.2, 0.25) is 10.0 Å². The van der Waals surface area contributed by atoms with Gasteiger partial charge in [-0.15, -0.1) is 10.2 Å². The van der Waals surface area contributed by atoms with E-state index in [0.717, 1.165) is 23.6 Å². The average Bonchev–Trinajstić information content (AvgIpc) is 3.11. The summed E-state index contributed by atoms with van der Waals surface area (Å²) in [6.07, 6.45) is 1.40. The number of rotatable bonds is 10. The first kappa shape index (κ1) is 24.8. The molecule has 0 aliphatic rings. The van der Waals surface area contributed by atoms with Crippen molar-refractivity contribution in [1.82, 2.24) is 14.8 Å². The molecule has 1 heterocycles. The van der Waals surface area contributed by atoms with Crippen LogP contribution in [0.5, 0.6) is 5.75 Å². The van der Waals surface area contributed by atoms with Gasteiger partial charge in [0.1, 0.15) is 11.6 Å². The molecule has 33 heavy (non-hydrogen) atoms. The number of benzene rings is 2. The van der Waals surface area contributed by atoms with Crippen LogP contribution >= 0.6 is 35.0 Å². The van der Waals surface area contributed by atoms with Crippen LogP contribution < -0.4 is 10.1 Å². The van der Waals surface area contributed by atoms with Gasteiger partial charge in [0.05, 0.1) is 28.0 Å². The lowest BCUT2D eigenvalue weighted by Crippen LogP contribution is -2.15. The van der Waals surface area contributed by atoms with Gasteiger partial charge in [-0.05, 0) is 43.2 Å². The molecule has 12 heteroatoms. The highest BCUT2D eigenvalue weighted by Crippen LogP contribution is 2.27. The van der Waals surface area contributed by atoms with Gasteiger partial charge in [-0.1, -0.05) is 35.0 Å². The molecule has 2 aromatic carbocycles. The molecule has 9 nitrogen and oxygen atoms in total. The van der Waals surface area contributed by atoms with Crippen LogP contribution in [0.4, 0.5) is 11.4 Å². The van der Waals surface area contributed by atoms with E-state index < -0.39 is 4.92 Å². The SMILES string of the molecule is Cc1cc(Cl)ccc1OCCCc1nnc(SCC(=O)Nc2cc([N+](=O)[O-])ccc2Cl)n1C. The van der Waals surface area contributed by atoms with Crippen molar-refractivity contribution in [2.75, 3.05) is 17.7 Å². The second kappa shape index (κ2) is 11.4. The number of ether oxygens (including phenoxy) is 1. The van der Waals surface area contributed by atoms with Crippen molar-refractivity contribution in [1.29, 1.82) is 0 Å². The first-order valence-electron chi connectivity index (χ1n) is 9.88. The van der Waals surface area contributed by atoms with Crippen molar-refractivity contribution in [3.05, 3.63) is 67.9 Å². The highest BCUT2D eigenvalue weighted by molar-refractivity contribution is 7.99. The maximum absolute atomic E-state index is 12.3. The zero-order chi connectivity index (χ0) is 24.0. The van der Waals surface area contributed by atoms with E-state index in [-0.39, 0.29) is 28.1 Å². The highest BCUT2D eigenvalue weighted by Gasteiger charge is 2.15. The number of nitro benzene ring substituents is 1. The van der Waals surface area contributed by atoms with Crippen molar-refractivity contribution >= 4 is 52.2 Å². The van der Waals surface area contributed by atoms with Crippen molar-refractivity contribution in [3.8, 4) is 5.75 Å². The van der Waals surface area contributed by atoms with Gasteiger partial charge in [0.15, 0.2) is 5.16 Å². The molecule has 0 unspecified atom stereocenters. The normalized spacial score (nSPS) is 10.8. The molecule has 174 valence electrons.